The van der Waals surface area contributed by atoms with Crippen LogP contribution in [-0.2, 0) is 6.18 Å². The highest BCUT2D eigenvalue weighted by atomic mass is 19.4. The van der Waals surface area contributed by atoms with Gasteiger partial charge in [-0.05, 0) is 114 Å². The molecule has 1 heterocycles. The Morgan fingerprint density at radius 3 is 2.12 bits per heavy atom. The number of halogens is 3. The minimum Gasteiger partial charge on any atom is -0.478 e. The van der Waals surface area contributed by atoms with E-state index in [-0.39, 0.29) is 5.56 Å². The lowest BCUT2D eigenvalue weighted by Gasteiger charge is -2.32. The molecule has 0 aliphatic carbocycles. The second-order valence-electron chi connectivity index (χ2n) is 11.1. The molecule has 1 aliphatic heterocycles. The number of hydrogen-bond donors (Lipinski definition) is 1. The predicted octanol–water partition coefficient (Wildman–Crippen LogP) is 9.65. The summed E-state index contributed by atoms with van der Waals surface area (Å²) in [5.74, 6) is -0.490. The maximum absolute atomic E-state index is 13.0. The summed E-state index contributed by atoms with van der Waals surface area (Å²) in [6, 6.07) is 22.5. The number of carboxylic acids is 1. The average molecular weight is 560 g/mol. The van der Waals surface area contributed by atoms with E-state index in [9.17, 15) is 23.1 Å². The molecule has 4 aromatic carbocycles. The monoisotopic (exact) mass is 559 g/mol. The molecule has 0 spiro atoms. The highest BCUT2D eigenvalue weighted by Crippen LogP contribution is 2.36. The van der Waals surface area contributed by atoms with E-state index in [1.165, 1.54) is 49.9 Å². The van der Waals surface area contributed by atoms with Gasteiger partial charge in [0.1, 0.15) is 0 Å². The summed E-state index contributed by atoms with van der Waals surface area (Å²) < 4.78 is 39.0. The molecule has 3 nitrogen and oxygen atoms in total. The smallest absolute Gasteiger partial charge is 0.416 e. The van der Waals surface area contributed by atoms with E-state index in [1.54, 1.807) is 12.1 Å². The zero-order valence-electron chi connectivity index (χ0n) is 23.4. The third-order valence-corrected chi connectivity index (χ3v) is 8.35. The fraction of sp³-hybridized carbons (Fsp3) is 0.343. The summed E-state index contributed by atoms with van der Waals surface area (Å²) in [5.41, 5.74) is 3.93. The molecule has 0 amide bonds. The molecule has 4 aromatic rings. The first-order chi connectivity index (χ1) is 19.7. The average Bonchev–Trinajstić information content (AvgIpc) is 2.98. The van der Waals surface area contributed by atoms with E-state index < -0.39 is 17.7 Å². The summed E-state index contributed by atoms with van der Waals surface area (Å²) in [5, 5.41) is 11.4. The molecule has 0 saturated carbocycles. The number of alkyl halides is 3. The minimum absolute atomic E-state index is 0.174. The standard InChI is InChI=1S/C35H36F3NO2/c1-2-3-4-5-18-39-19-16-26(17-20-39)24-6-8-27(9-7-24)33-23-30(34(40)41)22-29-21-28(12-15-32(29)33)25-10-13-31(14-11-25)35(36,37)38/h6-15,21-23,26H,2-5,16-20H2,1H3,(H,40,41). The molecule has 6 heteroatoms. The van der Waals surface area contributed by atoms with Gasteiger partial charge in [0.05, 0.1) is 11.1 Å². The molecule has 1 N–H and O–H groups in total. The second kappa shape index (κ2) is 12.5. The Kier molecular flexibility index (Phi) is 8.79. The fourth-order valence-corrected chi connectivity index (χ4v) is 5.95. The molecule has 0 atom stereocenters. The van der Waals surface area contributed by atoms with Crippen LogP contribution in [0.1, 0.15) is 72.9 Å². The molecular weight excluding hydrogens is 523 g/mol. The van der Waals surface area contributed by atoms with Crippen LogP contribution in [0.2, 0.25) is 0 Å². The summed E-state index contributed by atoms with van der Waals surface area (Å²) >= 11 is 0. The molecule has 214 valence electrons. The maximum Gasteiger partial charge on any atom is 0.416 e. The van der Waals surface area contributed by atoms with Crippen molar-refractivity contribution in [2.24, 2.45) is 0 Å². The summed E-state index contributed by atoms with van der Waals surface area (Å²) in [6.07, 6.45) is 3.07. The van der Waals surface area contributed by atoms with E-state index >= 15 is 0 Å². The number of carbonyl (C=O) groups is 1. The van der Waals surface area contributed by atoms with Gasteiger partial charge in [-0.25, -0.2) is 4.79 Å². The molecule has 41 heavy (non-hydrogen) atoms. The summed E-state index contributed by atoms with van der Waals surface area (Å²) in [4.78, 5) is 14.6. The van der Waals surface area contributed by atoms with E-state index in [4.69, 9.17) is 0 Å². The van der Waals surface area contributed by atoms with Crippen molar-refractivity contribution in [1.29, 1.82) is 0 Å². The first kappa shape index (κ1) is 28.9. The van der Waals surface area contributed by atoms with Gasteiger partial charge in [-0.2, -0.15) is 13.2 Å². The van der Waals surface area contributed by atoms with Gasteiger partial charge in [0.15, 0.2) is 0 Å². The van der Waals surface area contributed by atoms with Gasteiger partial charge in [0.2, 0.25) is 0 Å². The molecule has 0 bridgehead atoms. The molecular formula is C35H36F3NO2. The Morgan fingerprint density at radius 1 is 0.829 bits per heavy atom. The number of aromatic carboxylic acids is 1. The Morgan fingerprint density at radius 2 is 1.49 bits per heavy atom. The van der Waals surface area contributed by atoms with Crippen molar-refractivity contribution in [2.45, 2.75) is 57.5 Å². The molecule has 5 rings (SSSR count). The minimum atomic E-state index is -4.39. The van der Waals surface area contributed by atoms with E-state index in [2.05, 4.69) is 36.1 Å². The number of hydrogen-bond acceptors (Lipinski definition) is 2. The number of fused-ring (bicyclic) bond motifs is 1. The molecule has 0 unspecified atom stereocenters. The first-order valence-electron chi connectivity index (χ1n) is 14.5. The lowest BCUT2D eigenvalue weighted by atomic mass is 9.87. The van der Waals surface area contributed by atoms with Gasteiger partial charge in [0.25, 0.3) is 0 Å². The SMILES string of the molecule is CCCCCCN1CCC(c2ccc(-c3cc(C(=O)O)cc4cc(-c5ccc(C(F)(F)F)cc5)ccc34)cc2)CC1. The predicted molar refractivity (Wildman–Crippen MR) is 159 cm³/mol. The number of piperidine rings is 1. The Labute approximate surface area is 239 Å². The van der Waals surface area contributed by atoms with Crippen molar-refractivity contribution in [2.75, 3.05) is 19.6 Å². The van der Waals surface area contributed by atoms with Crippen LogP contribution in [0.4, 0.5) is 13.2 Å². The zero-order valence-corrected chi connectivity index (χ0v) is 23.4. The summed E-state index contributed by atoms with van der Waals surface area (Å²) in [6.45, 7) is 5.69. The van der Waals surface area contributed by atoms with Crippen molar-refractivity contribution >= 4 is 16.7 Å². The number of carboxylic acid groups (broad SMARTS) is 1. The first-order valence-corrected chi connectivity index (χ1v) is 14.5. The van der Waals surface area contributed by atoms with E-state index in [0.29, 0.717) is 11.5 Å². The molecule has 0 radical (unpaired) electrons. The summed E-state index contributed by atoms with van der Waals surface area (Å²) in [7, 11) is 0. The number of nitrogens with zero attached hydrogens (tertiary/aromatic N) is 1. The lowest BCUT2D eigenvalue weighted by Crippen LogP contribution is -2.33. The Balaban J connectivity index is 1.37. The number of benzene rings is 4. The molecule has 1 saturated heterocycles. The number of unbranched alkanes of at least 4 members (excludes halogenated alkanes) is 3. The van der Waals surface area contributed by atoms with Crippen LogP contribution in [0.15, 0.2) is 78.9 Å². The fourth-order valence-electron chi connectivity index (χ4n) is 5.95. The van der Waals surface area contributed by atoms with Crippen molar-refractivity contribution in [1.82, 2.24) is 4.90 Å². The van der Waals surface area contributed by atoms with Crippen LogP contribution in [0.25, 0.3) is 33.0 Å². The van der Waals surface area contributed by atoms with Gasteiger partial charge >= 0.3 is 12.1 Å². The normalized spacial score (nSPS) is 14.9. The van der Waals surface area contributed by atoms with Gasteiger partial charge < -0.3 is 10.0 Å². The molecule has 0 aromatic heterocycles. The van der Waals surface area contributed by atoms with Crippen molar-refractivity contribution in [3.05, 3.63) is 95.6 Å². The van der Waals surface area contributed by atoms with E-state index in [0.717, 1.165) is 65.5 Å². The van der Waals surface area contributed by atoms with E-state index in [1.807, 2.05) is 18.2 Å². The van der Waals surface area contributed by atoms with Crippen LogP contribution < -0.4 is 0 Å². The van der Waals surface area contributed by atoms with Gasteiger partial charge in [0, 0.05) is 0 Å². The lowest BCUT2D eigenvalue weighted by molar-refractivity contribution is -0.137. The number of likely N-dealkylation sites (tertiary alicyclic amines) is 1. The third-order valence-electron chi connectivity index (χ3n) is 8.35. The van der Waals surface area contributed by atoms with Crippen LogP contribution in [0, 0.1) is 0 Å². The number of rotatable bonds is 9. The van der Waals surface area contributed by atoms with Crippen molar-refractivity contribution < 1.29 is 23.1 Å². The highest BCUT2D eigenvalue weighted by Gasteiger charge is 2.30. The van der Waals surface area contributed by atoms with Gasteiger partial charge in [-0.1, -0.05) is 74.7 Å². The largest absolute Gasteiger partial charge is 0.478 e. The van der Waals surface area contributed by atoms with Gasteiger partial charge in [-0.15, -0.1) is 0 Å². The van der Waals surface area contributed by atoms with Gasteiger partial charge in [-0.3, -0.25) is 0 Å². The quantitative estimate of drug-likeness (QED) is 0.208. The molecule has 1 aliphatic rings. The van der Waals surface area contributed by atoms with Crippen LogP contribution >= 0.6 is 0 Å². The Bertz CT molecular complexity index is 1490. The molecule has 1 fully saturated rings. The highest BCUT2D eigenvalue weighted by molar-refractivity contribution is 6.04. The second-order valence-corrected chi connectivity index (χ2v) is 11.1. The van der Waals surface area contributed by atoms with Crippen LogP contribution in [0.5, 0.6) is 0 Å². The topological polar surface area (TPSA) is 40.5 Å². The zero-order chi connectivity index (χ0) is 29.0. The van der Waals surface area contributed by atoms with Crippen LogP contribution in [-0.4, -0.2) is 35.6 Å². The van der Waals surface area contributed by atoms with Crippen LogP contribution in [0.3, 0.4) is 0 Å². The van der Waals surface area contributed by atoms with Crippen molar-refractivity contribution in [3.8, 4) is 22.3 Å². The third kappa shape index (κ3) is 6.82. The van der Waals surface area contributed by atoms with Crippen molar-refractivity contribution in [3.63, 3.8) is 0 Å². The Hall–Kier alpha value is -3.64. The maximum atomic E-state index is 13.0.